The number of nitro groups is 1. The van der Waals surface area contributed by atoms with Crippen LogP contribution in [0.3, 0.4) is 0 Å². The third-order valence-electron chi connectivity index (χ3n) is 3.87. The maximum atomic E-state index is 12.3. The Balaban J connectivity index is 1.83. The minimum absolute atomic E-state index is 0.00333. The molecule has 0 N–H and O–H groups in total. The first-order valence-corrected chi connectivity index (χ1v) is 9.61. The highest BCUT2D eigenvalue weighted by atomic mass is 35.5. The summed E-state index contributed by atoms with van der Waals surface area (Å²) in [7, 11) is 1.53. The Labute approximate surface area is 175 Å². The highest BCUT2D eigenvalue weighted by Gasteiger charge is 2.22. The second kappa shape index (κ2) is 8.89. The van der Waals surface area contributed by atoms with E-state index in [1.165, 1.54) is 48.5 Å². The zero-order chi connectivity index (χ0) is 21.0. The summed E-state index contributed by atoms with van der Waals surface area (Å²) in [6, 6.07) is 11.3. The van der Waals surface area contributed by atoms with Crippen molar-refractivity contribution in [1.29, 1.82) is 0 Å². The van der Waals surface area contributed by atoms with Gasteiger partial charge >= 0.3 is 5.69 Å². The number of anilines is 2. The molecule has 0 unspecified atom stereocenters. The molecule has 0 radical (unpaired) electrons. The summed E-state index contributed by atoms with van der Waals surface area (Å²) in [6.45, 7) is 1.43. The van der Waals surface area contributed by atoms with Crippen molar-refractivity contribution < 1.29 is 19.2 Å². The number of benzene rings is 2. The van der Waals surface area contributed by atoms with E-state index in [2.05, 4.69) is 4.98 Å². The molecule has 3 aromatic rings. The van der Waals surface area contributed by atoms with Gasteiger partial charge in [0.15, 0.2) is 10.9 Å². The lowest BCUT2D eigenvalue weighted by atomic mass is 10.2. The number of aromatic nitrogens is 1. The molecule has 0 aliphatic rings. The maximum absolute atomic E-state index is 12.3. The van der Waals surface area contributed by atoms with Gasteiger partial charge < -0.3 is 9.47 Å². The van der Waals surface area contributed by atoms with Crippen molar-refractivity contribution >= 4 is 45.4 Å². The Morgan fingerprint density at radius 3 is 2.72 bits per heavy atom. The quantitative estimate of drug-likeness (QED) is 0.385. The average Bonchev–Trinajstić information content (AvgIpc) is 3.15. The van der Waals surface area contributed by atoms with Gasteiger partial charge in [-0.1, -0.05) is 23.7 Å². The van der Waals surface area contributed by atoms with Crippen molar-refractivity contribution in [2.75, 3.05) is 12.0 Å². The molecule has 1 amide bonds. The van der Waals surface area contributed by atoms with E-state index in [-0.39, 0.29) is 29.0 Å². The number of halogens is 1. The lowest BCUT2D eigenvalue weighted by Gasteiger charge is -2.20. The summed E-state index contributed by atoms with van der Waals surface area (Å²) < 4.78 is 10.9. The van der Waals surface area contributed by atoms with Gasteiger partial charge in [-0.3, -0.25) is 19.8 Å². The van der Waals surface area contributed by atoms with Gasteiger partial charge in [-0.2, -0.15) is 0 Å². The fourth-order valence-corrected chi connectivity index (χ4v) is 3.62. The molecule has 8 nitrogen and oxygen atoms in total. The van der Waals surface area contributed by atoms with Gasteiger partial charge in [0.05, 0.1) is 23.4 Å². The lowest BCUT2D eigenvalue weighted by Crippen LogP contribution is -2.23. The number of para-hydroxylation sites is 2. The van der Waals surface area contributed by atoms with Gasteiger partial charge in [-0.25, -0.2) is 4.98 Å². The van der Waals surface area contributed by atoms with Gasteiger partial charge in [0, 0.05) is 23.4 Å². The molecule has 0 atom stereocenters. The van der Waals surface area contributed by atoms with E-state index in [4.69, 9.17) is 21.1 Å². The van der Waals surface area contributed by atoms with E-state index in [1.54, 1.807) is 29.6 Å². The molecule has 29 heavy (non-hydrogen) atoms. The summed E-state index contributed by atoms with van der Waals surface area (Å²) in [5.74, 6) is 0.388. The van der Waals surface area contributed by atoms with Crippen molar-refractivity contribution in [3.05, 3.63) is 68.7 Å². The molecule has 0 fully saturated rings. The van der Waals surface area contributed by atoms with Crippen LogP contribution in [0.2, 0.25) is 5.02 Å². The summed E-state index contributed by atoms with van der Waals surface area (Å²) in [5, 5.41) is 13.6. The molecule has 2 aromatic carbocycles. The first-order valence-electron chi connectivity index (χ1n) is 8.35. The molecule has 1 aromatic heterocycles. The molecular formula is C19H16ClN3O5S. The van der Waals surface area contributed by atoms with Gasteiger partial charge in [-0.15, -0.1) is 11.3 Å². The van der Waals surface area contributed by atoms with Gasteiger partial charge in [-0.05, 0) is 24.3 Å². The SMILES string of the molecule is COc1ccccc1N(C(C)=O)c1nc(COc2ccc(Cl)cc2[N+](=O)[O-])cs1. The zero-order valence-corrected chi connectivity index (χ0v) is 17.1. The molecule has 3 rings (SSSR count). The average molecular weight is 434 g/mol. The topological polar surface area (TPSA) is 94.8 Å². The van der Waals surface area contributed by atoms with Crippen molar-refractivity contribution in [1.82, 2.24) is 4.98 Å². The van der Waals surface area contributed by atoms with Crippen LogP contribution in [0.4, 0.5) is 16.5 Å². The number of rotatable bonds is 7. The van der Waals surface area contributed by atoms with Crippen LogP contribution < -0.4 is 14.4 Å². The van der Waals surface area contributed by atoms with E-state index in [0.29, 0.717) is 22.3 Å². The van der Waals surface area contributed by atoms with Crippen molar-refractivity contribution in [2.24, 2.45) is 0 Å². The standard InChI is InChI=1S/C19H16ClN3O5S/c1-12(24)22(15-5-3-4-6-17(15)27-2)19-21-14(11-29-19)10-28-18-8-7-13(20)9-16(18)23(25)26/h3-9,11H,10H2,1-2H3. The number of hydrogen-bond acceptors (Lipinski definition) is 7. The molecular weight excluding hydrogens is 418 g/mol. The first kappa shape index (κ1) is 20.6. The third-order valence-corrected chi connectivity index (χ3v) is 4.97. The van der Waals surface area contributed by atoms with Gasteiger partial charge in [0.1, 0.15) is 12.4 Å². The fraction of sp³-hybridized carbons (Fsp3) is 0.158. The number of hydrogen-bond donors (Lipinski definition) is 0. The lowest BCUT2D eigenvalue weighted by molar-refractivity contribution is -0.385. The molecule has 150 valence electrons. The monoisotopic (exact) mass is 433 g/mol. The molecule has 0 spiro atoms. The van der Waals surface area contributed by atoms with Crippen molar-refractivity contribution in [3.8, 4) is 11.5 Å². The largest absolute Gasteiger partial charge is 0.495 e. The number of carbonyl (C=O) groups excluding carboxylic acids is 1. The molecule has 0 aliphatic heterocycles. The van der Waals surface area contributed by atoms with Crippen LogP contribution >= 0.6 is 22.9 Å². The minimum atomic E-state index is -0.563. The van der Waals surface area contributed by atoms with Crippen LogP contribution in [0.15, 0.2) is 47.8 Å². The number of ether oxygens (including phenoxy) is 2. The summed E-state index contributed by atoms with van der Waals surface area (Å²) in [6.07, 6.45) is 0. The highest BCUT2D eigenvalue weighted by Crippen LogP contribution is 2.36. The van der Waals surface area contributed by atoms with Crippen LogP contribution in [-0.2, 0) is 11.4 Å². The Morgan fingerprint density at radius 2 is 2.03 bits per heavy atom. The normalized spacial score (nSPS) is 10.4. The number of nitrogens with zero attached hydrogens (tertiary/aromatic N) is 3. The molecule has 0 saturated carbocycles. The van der Waals surface area contributed by atoms with Crippen LogP contribution in [0.5, 0.6) is 11.5 Å². The molecule has 1 heterocycles. The van der Waals surface area contributed by atoms with E-state index >= 15 is 0 Å². The number of thiazole rings is 1. The molecule has 0 bridgehead atoms. The second-order valence-electron chi connectivity index (χ2n) is 5.81. The van der Waals surface area contributed by atoms with Crippen LogP contribution in [0, 0.1) is 10.1 Å². The first-order chi connectivity index (χ1) is 13.9. The molecule has 10 heteroatoms. The highest BCUT2D eigenvalue weighted by molar-refractivity contribution is 7.14. The van der Waals surface area contributed by atoms with E-state index in [0.717, 1.165) is 0 Å². The van der Waals surface area contributed by atoms with E-state index < -0.39 is 4.92 Å². The fourth-order valence-electron chi connectivity index (χ4n) is 2.59. The van der Waals surface area contributed by atoms with Crippen molar-refractivity contribution in [2.45, 2.75) is 13.5 Å². The molecule has 0 aliphatic carbocycles. The Hall–Kier alpha value is -3.17. The summed E-state index contributed by atoms with van der Waals surface area (Å²) >= 11 is 7.06. The Kier molecular flexibility index (Phi) is 6.30. The number of nitro benzene ring substituents is 1. The summed E-state index contributed by atoms with van der Waals surface area (Å²) in [4.78, 5) is 28.8. The number of carbonyl (C=O) groups is 1. The molecule has 0 saturated heterocycles. The maximum Gasteiger partial charge on any atom is 0.312 e. The van der Waals surface area contributed by atoms with Crippen LogP contribution in [0.1, 0.15) is 12.6 Å². The van der Waals surface area contributed by atoms with Crippen LogP contribution in [-0.4, -0.2) is 22.9 Å². The number of methoxy groups -OCH3 is 1. The predicted octanol–water partition coefficient (Wildman–Crippen LogP) is 4.98. The Bertz CT molecular complexity index is 1060. The van der Waals surface area contributed by atoms with Crippen LogP contribution in [0.25, 0.3) is 0 Å². The second-order valence-corrected chi connectivity index (χ2v) is 7.08. The summed E-state index contributed by atoms with van der Waals surface area (Å²) in [5.41, 5.74) is 0.861. The Morgan fingerprint density at radius 1 is 1.28 bits per heavy atom. The van der Waals surface area contributed by atoms with E-state index in [1.807, 2.05) is 0 Å². The van der Waals surface area contributed by atoms with Crippen molar-refractivity contribution in [3.63, 3.8) is 0 Å². The smallest absolute Gasteiger partial charge is 0.312 e. The zero-order valence-electron chi connectivity index (χ0n) is 15.5. The predicted molar refractivity (Wildman–Crippen MR) is 110 cm³/mol. The number of amides is 1. The van der Waals surface area contributed by atoms with Gasteiger partial charge in [0.25, 0.3) is 0 Å². The van der Waals surface area contributed by atoms with E-state index in [9.17, 15) is 14.9 Å². The minimum Gasteiger partial charge on any atom is -0.495 e. The third kappa shape index (κ3) is 4.64. The van der Waals surface area contributed by atoms with Gasteiger partial charge in [0.2, 0.25) is 5.91 Å².